The number of likely N-dealkylation sites (tertiary alicyclic amines) is 1. The molecule has 0 saturated carbocycles. The van der Waals surface area contributed by atoms with Gasteiger partial charge in [-0.2, -0.15) is 0 Å². The van der Waals surface area contributed by atoms with Crippen LogP contribution in [0.2, 0.25) is 0 Å². The average Bonchev–Trinajstić information content (AvgIpc) is 2.47. The molecule has 0 bridgehead atoms. The molecule has 1 heterocycles. The van der Waals surface area contributed by atoms with E-state index in [0.717, 1.165) is 19.4 Å². The van der Waals surface area contributed by atoms with Gasteiger partial charge in [-0.15, -0.1) is 0 Å². The molecule has 90 valence electrons. The van der Waals surface area contributed by atoms with Crippen LogP contribution in [0.5, 0.6) is 0 Å². The first-order valence-electron chi connectivity index (χ1n) is 6.13. The smallest absolute Gasteiger partial charge is 0.0682 e. The minimum Gasteiger partial charge on any atom is -0.392 e. The van der Waals surface area contributed by atoms with Crippen LogP contribution in [-0.4, -0.2) is 34.2 Å². The fourth-order valence-corrected chi connectivity index (χ4v) is 2.53. The Hall–Kier alpha value is -0.0800. The van der Waals surface area contributed by atoms with Gasteiger partial charge >= 0.3 is 0 Å². The summed E-state index contributed by atoms with van der Waals surface area (Å²) in [7, 11) is 0. The molecule has 0 aromatic carbocycles. The van der Waals surface area contributed by atoms with E-state index in [1.54, 1.807) is 0 Å². The predicted octanol–water partition coefficient (Wildman–Crippen LogP) is 2.66. The van der Waals surface area contributed by atoms with Crippen LogP contribution in [0.4, 0.5) is 0 Å². The van der Waals surface area contributed by atoms with Crippen LogP contribution in [0.25, 0.3) is 0 Å². The molecule has 0 amide bonds. The molecular formula is C13H27NO. The van der Waals surface area contributed by atoms with Crippen LogP contribution in [0.15, 0.2) is 0 Å². The summed E-state index contributed by atoms with van der Waals surface area (Å²) in [4.78, 5) is 2.47. The van der Waals surface area contributed by atoms with Gasteiger partial charge in [0, 0.05) is 18.1 Å². The Balaban J connectivity index is 2.87. The van der Waals surface area contributed by atoms with Crippen molar-refractivity contribution in [3.63, 3.8) is 0 Å². The third-order valence-corrected chi connectivity index (χ3v) is 3.95. The van der Waals surface area contributed by atoms with Gasteiger partial charge in [0.1, 0.15) is 0 Å². The second-order valence-corrected chi connectivity index (χ2v) is 6.57. The first-order chi connectivity index (χ1) is 6.68. The van der Waals surface area contributed by atoms with E-state index in [0.29, 0.717) is 11.5 Å². The molecule has 0 spiro atoms. The van der Waals surface area contributed by atoms with Crippen LogP contribution < -0.4 is 0 Å². The number of aliphatic hydroxyl groups is 1. The molecule has 0 aliphatic carbocycles. The first kappa shape index (κ1) is 13.0. The average molecular weight is 213 g/mol. The lowest BCUT2D eigenvalue weighted by Crippen LogP contribution is -2.50. The Bertz CT molecular complexity index is 217. The summed E-state index contributed by atoms with van der Waals surface area (Å²) < 4.78 is 0. The van der Waals surface area contributed by atoms with E-state index in [4.69, 9.17) is 0 Å². The summed E-state index contributed by atoms with van der Waals surface area (Å²) in [5.74, 6) is 0. The van der Waals surface area contributed by atoms with Crippen molar-refractivity contribution in [2.24, 2.45) is 5.41 Å². The number of hydrogen-bond acceptors (Lipinski definition) is 2. The van der Waals surface area contributed by atoms with Gasteiger partial charge in [0.25, 0.3) is 0 Å². The summed E-state index contributed by atoms with van der Waals surface area (Å²) in [5.41, 5.74) is 0.458. The topological polar surface area (TPSA) is 23.5 Å². The maximum atomic E-state index is 9.85. The number of aliphatic hydroxyl groups excluding tert-OH is 1. The lowest BCUT2D eigenvalue weighted by molar-refractivity contribution is 0.0453. The molecule has 1 saturated heterocycles. The van der Waals surface area contributed by atoms with Gasteiger partial charge < -0.3 is 5.11 Å². The van der Waals surface area contributed by atoms with E-state index in [9.17, 15) is 5.11 Å². The minimum atomic E-state index is -0.139. The van der Waals surface area contributed by atoms with Gasteiger partial charge in [0.05, 0.1) is 6.10 Å². The van der Waals surface area contributed by atoms with Gasteiger partial charge in [-0.25, -0.2) is 0 Å². The highest BCUT2D eigenvalue weighted by atomic mass is 16.3. The maximum absolute atomic E-state index is 9.85. The molecule has 1 rings (SSSR count). The Morgan fingerprint density at radius 2 is 1.73 bits per heavy atom. The second-order valence-electron chi connectivity index (χ2n) is 6.57. The van der Waals surface area contributed by atoms with Crippen LogP contribution in [0, 0.1) is 5.41 Å². The summed E-state index contributed by atoms with van der Waals surface area (Å²) in [6, 6.07) is 0.512. The van der Waals surface area contributed by atoms with E-state index < -0.39 is 0 Å². The fraction of sp³-hybridized carbons (Fsp3) is 1.00. The van der Waals surface area contributed by atoms with E-state index in [1.807, 2.05) is 0 Å². The highest BCUT2D eigenvalue weighted by Gasteiger charge is 2.43. The van der Waals surface area contributed by atoms with Crippen molar-refractivity contribution in [3.8, 4) is 0 Å². The number of hydrogen-bond donors (Lipinski definition) is 1. The molecule has 1 aliphatic rings. The van der Waals surface area contributed by atoms with E-state index >= 15 is 0 Å². The van der Waals surface area contributed by atoms with E-state index in [1.165, 1.54) is 0 Å². The van der Waals surface area contributed by atoms with Gasteiger partial charge in [-0.05, 0) is 39.0 Å². The molecule has 0 unspecified atom stereocenters. The lowest BCUT2D eigenvalue weighted by atomic mass is 9.79. The van der Waals surface area contributed by atoms with Gasteiger partial charge in [0.2, 0.25) is 0 Å². The van der Waals surface area contributed by atoms with Crippen molar-refractivity contribution in [3.05, 3.63) is 0 Å². The number of rotatable bonds is 2. The predicted molar refractivity (Wildman–Crippen MR) is 64.9 cm³/mol. The fourth-order valence-electron chi connectivity index (χ4n) is 2.53. The van der Waals surface area contributed by atoms with E-state index in [2.05, 4.69) is 46.4 Å². The summed E-state index contributed by atoms with van der Waals surface area (Å²) >= 11 is 0. The van der Waals surface area contributed by atoms with Gasteiger partial charge in [0.15, 0.2) is 0 Å². The molecule has 0 aromatic heterocycles. The number of β-amino-alcohol motifs (C(OH)–C–C–N with tert-alkyl or cyclic N) is 1. The summed E-state index contributed by atoms with van der Waals surface area (Å²) in [6.07, 6.45) is 1.95. The maximum Gasteiger partial charge on any atom is 0.0682 e. The quantitative estimate of drug-likeness (QED) is 0.762. The molecule has 1 aliphatic heterocycles. The van der Waals surface area contributed by atoms with Crippen molar-refractivity contribution in [1.29, 1.82) is 0 Å². The molecular weight excluding hydrogens is 186 g/mol. The molecule has 1 N–H and O–H groups in total. The molecule has 2 heteroatoms. The highest BCUT2D eigenvalue weighted by Crippen LogP contribution is 2.39. The zero-order valence-corrected chi connectivity index (χ0v) is 11.2. The molecule has 0 aromatic rings. The zero-order valence-electron chi connectivity index (χ0n) is 11.2. The normalized spacial score (nSPS) is 29.8. The summed E-state index contributed by atoms with van der Waals surface area (Å²) in [6.45, 7) is 14.4. The van der Waals surface area contributed by atoms with E-state index in [-0.39, 0.29) is 11.6 Å². The molecule has 2 atom stereocenters. The lowest BCUT2D eigenvalue weighted by Gasteiger charge is -2.44. The Kier molecular flexibility index (Phi) is 3.52. The highest BCUT2D eigenvalue weighted by molar-refractivity contribution is 4.98. The monoisotopic (exact) mass is 213 g/mol. The van der Waals surface area contributed by atoms with Gasteiger partial charge in [-0.1, -0.05) is 20.8 Å². The molecule has 1 fully saturated rings. The summed E-state index contributed by atoms with van der Waals surface area (Å²) in [5, 5.41) is 9.85. The van der Waals surface area contributed by atoms with Crippen LogP contribution in [-0.2, 0) is 0 Å². The first-order valence-corrected chi connectivity index (χ1v) is 6.13. The largest absolute Gasteiger partial charge is 0.392 e. The molecule has 0 radical (unpaired) electrons. The second kappa shape index (κ2) is 4.06. The van der Waals surface area contributed by atoms with Crippen LogP contribution in [0.1, 0.15) is 54.4 Å². The third kappa shape index (κ3) is 2.73. The van der Waals surface area contributed by atoms with Crippen molar-refractivity contribution in [2.75, 3.05) is 6.54 Å². The molecule has 2 nitrogen and oxygen atoms in total. The standard InChI is InChI=1S/C13H27NO/c1-7-13(5,6)11-8-10(15)9-14(11)12(2,3)4/h10-11,15H,7-9H2,1-6H3/t10-,11+/m1/s1. The van der Waals surface area contributed by atoms with Crippen LogP contribution >= 0.6 is 0 Å². The van der Waals surface area contributed by atoms with Crippen molar-refractivity contribution in [1.82, 2.24) is 4.90 Å². The van der Waals surface area contributed by atoms with Gasteiger partial charge in [-0.3, -0.25) is 4.90 Å². The van der Waals surface area contributed by atoms with Crippen LogP contribution in [0.3, 0.4) is 0 Å². The Labute approximate surface area is 94.7 Å². The zero-order chi connectivity index (χ0) is 11.9. The third-order valence-electron chi connectivity index (χ3n) is 3.95. The Morgan fingerprint density at radius 1 is 1.20 bits per heavy atom. The molecule has 15 heavy (non-hydrogen) atoms. The Morgan fingerprint density at radius 3 is 2.13 bits per heavy atom. The van der Waals surface area contributed by atoms with Crippen molar-refractivity contribution >= 4 is 0 Å². The number of nitrogens with zero attached hydrogens (tertiary/aromatic N) is 1. The SMILES string of the molecule is CCC(C)(C)[C@@H]1C[C@@H](O)CN1C(C)(C)C. The van der Waals surface area contributed by atoms with Crippen molar-refractivity contribution in [2.45, 2.75) is 72.1 Å². The van der Waals surface area contributed by atoms with Crippen molar-refractivity contribution < 1.29 is 5.11 Å². The minimum absolute atomic E-state index is 0.139.